The molecule has 1 aliphatic carbocycles. The minimum Gasteiger partial charge on any atom is -0.478 e. The summed E-state index contributed by atoms with van der Waals surface area (Å²) in [6.45, 7) is 1.94. The average Bonchev–Trinajstić information content (AvgIpc) is 3.46. The number of aryl methyl sites for hydroxylation is 1. The highest BCUT2D eigenvalue weighted by atomic mass is 32.2. The number of para-hydroxylation sites is 1. The average molecular weight is 536 g/mol. The molecule has 0 fully saturated rings. The van der Waals surface area contributed by atoms with Crippen LogP contribution in [0.4, 0.5) is 0 Å². The van der Waals surface area contributed by atoms with Crippen LogP contribution >= 0.6 is 0 Å². The predicted octanol–water partition coefficient (Wildman–Crippen LogP) is 3.61. The zero-order valence-electron chi connectivity index (χ0n) is 20.4. The first-order valence-electron chi connectivity index (χ1n) is 11.7. The summed E-state index contributed by atoms with van der Waals surface area (Å²) >= 11 is 0. The van der Waals surface area contributed by atoms with Crippen LogP contribution in [0.3, 0.4) is 0 Å². The molecule has 0 amide bonds. The summed E-state index contributed by atoms with van der Waals surface area (Å²) in [7, 11) is -3.81. The molecule has 196 valence electrons. The molecule has 0 radical (unpaired) electrons. The number of carbonyl (C=O) groups is 3. The molecule has 1 atom stereocenters. The van der Waals surface area contributed by atoms with Crippen molar-refractivity contribution in [1.82, 2.24) is 13.9 Å². The lowest BCUT2D eigenvalue weighted by atomic mass is 9.82. The number of hydrogen-bond donors (Lipinski definition) is 3. The molecule has 2 aromatic carbocycles. The number of carboxylic acids is 2. The number of aromatic nitrogens is 3. The van der Waals surface area contributed by atoms with Crippen molar-refractivity contribution in [3.05, 3.63) is 95.7 Å². The molecule has 2 aromatic heterocycles. The van der Waals surface area contributed by atoms with Crippen molar-refractivity contribution in [2.45, 2.75) is 31.1 Å². The topological polar surface area (TPSA) is 159 Å². The molecule has 4 aromatic rings. The Morgan fingerprint density at radius 3 is 2.29 bits per heavy atom. The van der Waals surface area contributed by atoms with Crippen molar-refractivity contribution >= 4 is 38.6 Å². The quantitative estimate of drug-likeness (QED) is 0.316. The van der Waals surface area contributed by atoms with Gasteiger partial charge in [0, 0.05) is 46.8 Å². The number of H-pyrrole nitrogens is 1. The number of rotatable bonds is 6. The Bertz CT molecular complexity index is 1630. The van der Waals surface area contributed by atoms with Crippen molar-refractivity contribution < 1.29 is 33.0 Å². The molecular formula is C27H25N3O7S. The Balaban J connectivity index is 0.000000368. The van der Waals surface area contributed by atoms with Gasteiger partial charge in [0.15, 0.2) is 5.78 Å². The molecule has 11 heteroatoms. The lowest BCUT2D eigenvalue weighted by molar-refractivity contribution is -0.134. The van der Waals surface area contributed by atoms with E-state index in [-0.39, 0.29) is 16.6 Å². The van der Waals surface area contributed by atoms with Crippen molar-refractivity contribution in [2.24, 2.45) is 5.92 Å². The first-order chi connectivity index (χ1) is 18.1. The van der Waals surface area contributed by atoms with E-state index < -0.39 is 22.0 Å². The Morgan fingerprint density at radius 1 is 1.05 bits per heavy atom. The van der Waals surface area contributed by atoms with Gasteiger partial charge in [0.1, 0.15) is 0 Å². The van der Waals surface area contributed by atoms with E-state index in [0.717, 1.165) is 11.4 Å². The van der Waals surface area contributed by atoms with Gasteiger partial charge in [-0.3, -0.25) is 4.79 Å². The maximum Gasteiger partial charge on any atom is 0.328 e. The van der Waals surface area contributed by atoms with Crippen LogP contribution in [-0.2, 0) is 32.5 Å². The summed E-state index contributed by atoms with van der Waals surface area (Å²) in [5.41, 5.74) is 3.52. The number of nitrogens with one attached hydrogen (secondary N) is 1. The lowest BCUT2D eigenvalue weighted by Crippen LogP contribution is -2.27. The van der Waals surface area contributed by atoms with Crippen LogP contribution in [0, 0.1) is 12.8 Å². The molecular weight excluding hydrogens is 510 g/mol. The third-order valence-electron chi connectivity index (χ3n) is 6.30. The monoisotopic (exact) mass is 535 g/mol. The zero-order valence-corrected chi connectivity index (χ0v) is 21.2. The molecule has 2 heterocycles. The molecule has 10 nitrogen and oxygen atoms in total. The van der Waals surface area contributed by atoms with Gasteiger partial charge in [-0.2, -0.15) is 0 Å². The number of fused-ring (bicyclic) bond motifs is 3. The first kappa shape index (κ1) is 26.6. The minimum absolute atomic E-state index is 0.00291. The smallest absolute Gasteiger partial charge is 0.328 e. The summed E-state index contributed by atoms with van der Waals surface area (Å²) in [5.74, 6) is -2.73. The van der Waals surface area contributed by atoms with Crippen LogP contribution in [0.5, 0.6) is 0 Å². The van der Waals surface area contributed by atoms with Crippen LogP contribution < -0.4 is 0 Å². The van der Waals surface area contributed by atoms with Crippen LogP contribution in [0.2, 0.25) is 0 Å². The number of aliphatic carboxylic acids is 2. The fraction of sp³-hybridized carbons (Fsp3) is 0.185. The number of hydrogen-bond acceptors (Lipinski definition) is 6. The molecule has 0 saturated carbocycles. The number of imidazole rings is 1. The predicted molar refractivity (Wildman–Crippen MR) is 139 cm³/mol. The second-order valence-corrected chi connectivity index (χ2v) is 10.5. The second kappa shape index (κ2) is 10.9. The molecule has 0 bridgehead atoms. The van der Waals surface area contributed by atoms with Gasteiger partial charge in [0.2, 0.25) is 0 Å². The maximum absolute atomic E-state index is 13.5. The van der Waals surface area contributed by atoms with Crippen LogP contribution in [0.15, 0.2) is 78.0 Å². The van der Waals surface area contributed by atoms with Crippen molar-refractivity contribution in [3.63, 3.8) is 0 Å². The Morgan fingerprint density at radius 2 is 1.68 bits per heavy atom. The van der Waals surface area contributed by atoms with Gasteiger partial charge in [0.05, 0.1) is 22.4 Å². The van der Waals surface area contributed by atoms with Crippen LogP contribution in [0.25, 0.3) is 10.9 Å². The summed E-state index contributed by atoms with van der Waals surface area (Å²) < 4.78 is 28.4. The summed E-state index contributed by atoms with van der Waals surface area (Å²) in [5, 5.41) is 16.3. The molecule has 1 unspecified atom stereocenters. The van der Waals surface area contributed by atoms with E-state index in [1.807, 2.05) is 19.1 Å². The highest BCUT2D eigenvalue weighted by molar-refractivity contribution is 7.90. The Labute approximate surface area is 218 Å². The van der Waals surface area contributed by atoms with Gasteiger partial charge in [-0.25, -0.2) is 27.0 Å². The van der Waals surface area contributed by atoms with E-state index in [9.17, 15) is 22.8 Å². The van der Waals surface area contributed by atoms with Gasteiger partial charge in [-0.1, -0.05) is 36.4 Å². The molecule has 1 aliphatic rings. The molecule has 3 N–H and O–H groups in total. The van der Waals surface area contributed by atoms with Gasteiger partial charge < -0.3 is 15.2 Å². The van der Waals surface area contributed by atoms with E-state index in [0.29, 0.717) is 53.6 Å². The summed E-state index contributed by atoms with van der Waals surface area (Å²) in [6, 6.07) is 15.6. The number of carboxylic acid groups (broad SMARTS) is 2. The van der Waals surface area contributed by atoms with Crippen molar-refractivity contribution in [2.75, 3.05) is 0 Å². The number of Topliss-reactive ketones (excluding diaryl/α,β-unsaturated/α-hetero) is 1. The van der Waals surface area contributed by atoms with Gasteiger partial charge in [0.25, 0.3) is 10.0 Å². The third-order valence-corrected chi connectivity index (χ3v) is 8.06. The Kier molecular flexibility index (Phi) is 7.58. The van der Waals surface area contributed by atoms with E-state index in [4.69, 9.17) is 10.2 Å². The number of carbonyl (C=O) groups excluding carboxylic acids is 1. The molecule has 0 saturated heterocycles. The standard InChI is InChI=1S/C23H21N3O3S.C4H4O4/c1-15-19(25-14-24-15)13-16-11-12-21-22(23(16)27)18-9-5-6-10-20(18)26(21)30(28,29)17-7-3-2-4-8-17;5-3(6)1-2-4(7)8/h2-10,14,16H,11-13H2,1H3,(H,24,25);1-2H,(H,5,6)(H,7,8). The fourth-order valence-electron chi connectivity index (χ4n) is 4.55. The first-order valence-corrected chi connectivity index (χ1v) is 13.1. The minimum atomic E-state index is -3.81. The normalized spacial score (nSPS) is 15.2. The number of nitrogens with zero attached hydrogens (tertiary/aromatic N) is 2. The van der Waals surface area contributed by atoms with Gasteiger partial charge in [-0.05, 0) is 38.0 Å². The number of aromatic amines is 1. The van der Waals surface area contributed by atoms with E-state index in [2.05, 4.69) is 9.97 Å². The fourth-order valence-corrected chi connectivity index (χ4v) is 6.15. The van der Waals surface area contributed by atoms with Crippen LogP contribution in [-0.4, -0.2) is 50.3 Å². The van der Waals surface area contributed by atoms with E-state index >= 15 is 0 Å². The second-order valence-electron chi connectivity index (χ2n) is 8.71. The highest BCUT2D eigenvalue weighted by Gasteiger charge is 2.36. The Hall–Kier alpha value is -4.51. The van der Waals surface area contributed by atoms with Crippen LogP contribution in [0.1, 0.15) is 33.9 Å². The highest BCUT2D eigenvalue weighted by Crippen LogP contribution is 2.37. The van der Waals surface area contributed by atoms with E-state index in [1.165, 1.54) is 3.97 Å². The number of benzene rings is 2. The summed E-state index contributed by atoms with van der Waals surface area (Å²) in [4.78, 5) is 40.2. The summed E-state index contributed by atoms with van der Waals surface area (Å²) in [6.07, 6.45) is 4.43. The SMILES string of the molecule is Cc1[nH]cnc1CC1CCc2c(c3ccccc3n2S(=O)(=O)c2ccccc2)C1=O.O=C(O)C=CC(=O)O. The van der Waals surface area contributed by atoms with Crippen molar-refractivity contribution in [3.8, 4) is 0 Å². The van der Waals surface area contributed by atoms with Gasteiger partial charge in [-0.15, -0.1) is 0 Å². The lowest BCUT2D eigenvalue weighted by Gasteiger charge is -2.22. The molecule has 0 aliphatic heterocycles. The third kappa shape index (κ3) is 5.28. The number of ketones is 1. The van der Waals surface area contributed by atoms with E-state index in [1.54, 1.807) is 48.8 Å². The zero-order chi connectivity index (χ0) is 27.4. The largest absolute Gasteiger partial charge is 0.478 e. The molecule has 0 spiro atoms. The molecule has 5 rings (SSSR count). The van der Waals surface area contributed by atoms with Crippen molar-refractivity contribution in [1.29, 1.82) is 0 Å². The molecule has 38 heavy (non-hydrogen) atoms. The van der Waals surface area contributed by atoms with Gasteiger partial charge >= 0.3 is 11.9 Å². The maximum atomic E-state index is 13.5.